The number of hydrogen-bond acceptors (Lipinski definition) is 5. The second kappa shape index (κ2) is 8.11. The van der Waals surface area contributed by atoms with Gasteiger partial charge in [0.1, 0.15) is 0 Å². The molecule has 2 heterocycles. The Morgan fingerprint density at radius 2 is 1.85 bits per heavy atom. The minimum atomic E-state index is 0.0990. The second-order valence-electron chi connectivity index (χ2n) is 7.82. The van der Waals surface area contributed by atoms with Gasteiger partial charge in [-0.25, -0.2) is 0 Å². The zero-order chi connectivity index (χ0) is 18.6. The number of aromatic nitrogens is 2. The molecule has 0 bridgehead atoms. The molecule has 2 aromatic rings. The van der Waals surface area contributed by atoms with Gasteiger partial charge in [0.25, 0.3) is 0 Å². The van der Waals surface area contributed by atoms with Crippen LogP contribution in [-0.2, 0) is 4.79 Å². The third-order valence-corrected chi connectivity index (χ3v) is 5.89. The van der Waals surface area contributed by atoms with Crippen LogP contribution in [0, 0.1) is 12.8 Å². The molecule has 1 saturated heterocycles. The molecular weight excluding hydrogens is 340 g/mol. The quantitative estimate of drug-likeness (QED) is 0.891. The monoisotopic (exact) mass is 368 g/mol. The summed E-state index contributed by atoms with van der Waals surface area (Å²) in [6.45, 7) is 3.60. The van der Waals surface area contributed by atoms with E-state index < -0.39 is 0 Å². The molecule has 144 valence electrons. The van der Waals surface area contributed by atoms with Crippen molar-refractivity contribution in [2.24, 2.45) is 5.92 Å². The highest BCUT2D eigenvalue weighted by Gasteiger charge is 2.29. The van der Waals surface area contributed by atoms with Crippen LogP contribution < -0.4 is 10.2 Å². The van der Waals surface area contributed by atoms with E-state index in [-0.39, 0.29) is 11.8 Å². The predicted molar refractivity (Wildman–Crippen MR) is 104 cm³/mol. The summed E-state index contributed by atoms with van der Waals surface area (Å²) in [6.07, 6.45) is 7.72. The number of amides is 1. The fourth-order valence-electron chi connectivity index (χ4n) is 4.18. The van der Waals surface area contributed by atoms with Crippen molar-refractivity contribution < 1.29 is 9.32 Å². The maximum absolute atomic E-state index is 12.6. The third kappa shape index (κ3) is 4.15. The van der Waals surface area contributed by atoms with E-state index in [1.807, 2.05) is 31.2 Å². The van der Waals surface area contributed by atoms with Gasteiger partial charge in [-0.15, -0.1) is 0 Å². The number of nitrogens with zero attached hydrogens (tertiary/aromatic N) is 3. The molecule has 1 aromatic heterocycles. The Morgan fingerprint density at radius 3 is 2.59 bits per heavy atom. The molecule has 1 N–H and O–H groups in total. The number of piperidine rings is 1. The molecule has 6 heteroatoms. The molecule has 1 amide bonds. The average Bonchev–Trinajstić information content (AvgIpc) is 3.19. The molecule has 1 aromatic carbocycles. The summed E-state index contributed by atoms with van der Waals surface area (Å²) in [6, 6.07) is 8.97. The smallest absolute Gasteiger partial charge is 0.324 e. The molecular formula is C21H28N4O2. The SMILES string of the molecule is Cc1ccccc1-c1noc(N2CCC(C(=O)NC3CCCCC3)CC2)n1. The molecule has 2 fully saturated rings. The minimum Gasteiger partial charge on any atom is -0.353 e. The molecule has 27 heavy (non-hydrogen) atoms. The summed E-state index contributed by atoms with van der Waals surface area (Å²) in [5.41, 5.74) is 2.12. The topological polar surface area (TPSA) is 71.3 Å². The summed E-state index contributed by atoms with van der Waals surface area (Å²) in [7, 11) is 0. The van der Waals surface area contributed by atoms with Gasteiger partial charge in [-0.2, -0.15) is 4.98 Å². The highest BCUT2D eigenvalue weighted by atomic mass is 16.5. The number of rotatable bonds is 4. The van der Waals surface area contributed by atoms with Crippen molar-refractivity contribution in [1.29, 1.82) is 0 Å². The van der Waals surface area contributed by atoms with Gasteiger partial charge in [0, 0.05) is 30.6 Å². The second-order valence-corrected chi connectivity index (χ2v) is 7.82. The molecule has 4 rings (SSSR count). The molecule has 6 nitrogen and oxygen atoms in total. The molecule has 1 aliphatic carbocycles. The van der Waals surface area contributed by atoms with Crippen molar-refractivity contribution in [2.45, 2.75) is 57.9 Å². The fraction of sp³-hybridized carbons (Fsp3) is 0.571. The number of benzene rings is 1. The average molecular weight is 368 g/mol. The van der Waals surface area contributed by atoms with Crippen LogP contribution in [0.1, 0.15) is 50.5 Å². The molecule has 1 aliphatic heterocycles. The Hall–Kier alpha value is -2.37. The van der Waals surface area contributed by atoms with Gasteiger partial charge >= 0.3 is 6.01 Å². The summed E-state index contributed by atoms with van der Waals surface area (Å²) in [5, 5.41) is 7.41. The highest BCUT2D eigenvalue weighted by Crippen LogP contribution is 2.26. The predicted octanol–water partition coefficient (Wildman–Crippen LogP) is 3.71. The Bertz CT molecular complexity index is 774. The normalized spacial score (nSPS) is 19.2. The van der Waals surface area contributed by atoms with Gasteiger partial charge in [0.2, 0.25) is 11.7 Å². The van der Waals surface area contributed by atoms with Crippen molar-refractivity contribution in [3.05, 3.63) is 29.8 Å². The number of hydrogen-bond donors (Lipinski definition) is 1. The number of carbonyl (C=O) groups excluding carboxylic acids is 1. The van der Waals surface area contributed by atoms with Crippen molar-refractivity contribution >= 4 is 11.9 Å². The van der Waals surface area contributed by atoms with E-state index in [0.29, 0.717) is 17.9 Å². The van der Waals surface area contributed by atoms with Crippen molar-refractivity contribution in [3.63, 3.8) is 0 Å². The lowest BCUT2D eigenvalue weighted by Crippen LogP contribution is -2.44. The van der Waals surface area contributed by atoms with E-state index in [1.165, 1.54) is 19.3 Å². The molecule has 0 unspecified atom stereocenters. The molecule has 0 spiro atoms. The van der Waals surface area contributed by atoms with E-state index in [4.69, 9.17) is 4.52 Å². The summed E-state index contributed by atoms with van der Waals surface area (Å²) in [4.78, 5) is 19.2. The van der Waals surface area contributed by atoms with Crippen LogP contribution in [-0.4, -0.2) is 35.2 Å². The standard InChI is InChI=1S/C21H28N4O2/c1-15-7-5-6-10-18(15)19-23-21(27-24-19)25-13-11-16(12-14-25)20(26)22-17-8-3-2-4-9-17/h5-7,10,16-17H,2-4,8-9,11-14H2,1H3,(H,22,26). The maximum atomic E-state index is 12.6. The van der Waals surface area contributed by atoms with Crippen LogP contribution in [0.2, 0.25) is 0 Å². The first-order valence-electron chi connectivity index (χ1n) is 10.2. The first-order valence-corrected chi connectivity index (χ1v) is 10.2. The minimum absolute atomic E-state index is 0.0990. The first-order chi connectivity index (χ1) is 13.2. The van der Waals surface area contributed by atoms with E-state index in [2.05, 4.69) is 20.4 Å². The Kier molecular flexibility index (Phi) is 5.41. The molecule has 0 atom stereocenters. The van der Waals surface area contributed by atoms with Gasteiger partial charge in [-0.1, -0.05) is 48.7 Å². The van der Waals surface area contributed by atoms with Crippen LogP contribution in [0.15, 0.2) is 28.8 Å². The lowest BCUT2D eigenvalue weighted by Gasteiger charge is -2.31. The van der Waals surface area contributed by atoms with Crippen molar-refractivity contribution in [1.82, 2.24) is 15.5 Å². The maximum Gasteiger partial charge on any atom is 0.324 e. The van der Waals surface area contributed by atoms with Gasteiger partial charge in [0.05, 0.1) is 0 Å². The lowest BCUT2D eigenvalue weighted by atomic mass is 9.92. The van der Waals surface area contributed by atoms with E-state index >= 15 is 0 Å². The number of aryl methyl sites for hydroxylation is 1. The zero-order valence-corrected chi connectivity index (χ0v) is 16.0. The number of nitrogens with one attached hydrogen (secondary N) is 1. The first kappa shape index (κ1) is 18.0. The van der Waals surface area contributed by atoms with Crippen LogP contribution in [0.4, 0.5) is 6.01 Å². The third-order valence-electron chi connectivity index (χ3n) is 5.89. The van der Waals surface area contributed by atoms with Crippen LogP contribution >= 0.6 is 0 Å². The molecule has 2 aliphatic rings. The van der Waals surface area contributed by atoms with E-state index in [0.717, 1.165) is 49.9 Å². The van der Waals surface area contributed by atoms with Crippen LogP contribution in [0.25, 0.3) is 11.4 Å². The molecule has 1 saturated carbocycles. The summed E-state index contributed by atoms with van der Waals surface area (Å²) in [5.74, 6) is 0.954. The Labute approximate surface area is 160 Å². The van der Waals surface area contributed by atoms with Crippen LogP contribution in [0.5, 0.6) is 0 Å². The largest absolute Gasteiger partial charge is 0.353 e. The van der Waals surface area contributed by atoms with Crippen molar-refractivity contribution in [2.75, 3.05) is 18.0 Å². The fourth-order valence-corrected chi connectivity index (χ4v) is 4.18. The Morgan fingerprint density at radius 1 is 1.11 bits per heavy atom. The van der Waals surface area contributed by atoms with E-state index in [1.54, 1.807) is 0 Å². The highest BCUT2D eigenvalue weighted by molar-refractivity contribution is 5.79. The number of carbonyl (C=O) groups is 1. The summed E-state index contributed by atoms with van der Waals surface area (Å²) < 4.78 is 5.50. The zero-order valence-electron chi connectivity index (χ0n) is 16.0. The van der Waals surface area contributed by atoms with Crippen molar-refractivity contribution in [3.8, 4) is 11.4 Å². The van der Waals surface area contributed by atoms with Gasteiger partial charge in [-0.05, 0) is 38.2 Å². The molecule has 0 radical (unpaired) electrons. The van der Waals surface area contributed by atoms with Gasteiger partial charge < -0.3 is 14.7 Å². The number of anilines is 1. The summed E-state index contributed by atoms with van der Waals surface area (Å²) >= 11 is 0. The Balaban J connectivity index is 1.33. The van der Waals surface area contributed by atoms with E-state index in [9.17, 15) is 4.79 Å². The van der Waals surface area contributed by atoms with Gasteiger partial charge in [-0.3, -0.25) is 4.79 Å². The lowest BCUT2D eigenvalue weighted by molar-refractivity contribution is -0.126. The van der Waals surface area contributed by atoms with Gasteiger partial charge in [0.15, 0.2) is 0 Å². The van der Waals surface area contributed by atoms with Crippen LogP contribution in [0.3, 0.4) is 0 Å².